The van der Waals surface area contributed by atoms with E-state index in [0.29, 0.717) is 30.2 Å². The van der Waals surface area contributed by atoms with E-state index in [1.165, 1.54) is 12.4 Å². The number of amides is 1. The zero-order valence-electron chi connectivity index (χ0n) is 13.1. The Balaban J connectivity index is 1.80. The van der Waals surface area contributed by atoms with Gasteiger partial charge in [0.1, 0.15) is 5.75 Å². The Morgan fingerprint density at radius 1 is 1.17 bits per heavy atom. The Morgan fingerprint density at radius 3 is 2.79 bits per heavy atom. The summed E-state index contributed by atoms with van der Waals surface area (Å²) in [7, 11) is 0. The van der Waals surface area contributed by atoms with Crippen molar-refractivity contribution in [3.8, 4) is 11.6 Å². The SMILES string of the molecule is O=C(O)CCCCCNC(=O)c1cccc(Oc2cnccn2)c1. The van der Waals surface area contributed by atoms with Crippen LogP contribution in [-0.4, -0.2) is 33.5 Å². The maximum absolute atomic E-state index is 12.1. The summed E-state index contributed by atoms with van der Waals surface area (Å²) in [5, 5.41) is 11.4. The highest BCUT2D eigenvalue weighted by atomic mass is 16.5. The van der Waals surface area contributed by atoms with Crippen molar-refractivity contribution in [2.24, 2.45) is 0 Å². The second-order valence-corrected chi connectivity index (χ2v) is 5.13. The third-order valence-electron chi connectivity index (χ3n) is 3.21. The van der Waals surface area contributed by atoms with Crippen LogP contribution in [0.15, 0.2) is 42.9 Å². The number of carbonyl (C=O) groups excluding carboxylic acids is 1. The lowest BCUT2D eigenvalue weighted by Gasteiger charge is -2.07. The van der Waals surface area contributed by atoms with Gasteiger partial charge in [0.25, 0.3) is 5.91 Å². The van der Waals surface area contributed by atoms with Crippen LogP contribution in [0.4, 0.5) is 0 Å². The van der Waals surface area contributed by atoms with Gasteiger partial charge >= 0.3 is 5.97 Å². The zero-order valence-corrected chi connectivity index (χ0v) is 13.1. The van der Waals surface area contributed by atoms with Gasteiger partial charge in [-0.05, 0) is 31.0 Å². The van der Waals surface area contributed by atoms with Crippen LogP contribution in [-0.2, 0) is 4.79 Å². The zero-order chi connectivity index (χ0) is 17.2. The molecule has 2 N–H and O–H groups in total. The fraction of sp³-hybridized carbons (Fsp3) is 0.294. The summed E-state index contributed by atoms with van der Waals surface area (Å²) in [4.78, 5) is 30.4. The smallest absolute Gasteiger partial charge is 0.303 e. The van der Waals surface area contributed by atoms with E-state index >= 15 is 0 Å². The molecule has 0 aliphatic carbocycles. The highest BCUT2D eigenvalue weighted by Crippen LogP contribution is 2.19. The van der Waals surface area contributed by atoms with Gasteiger partial charge in [-0.15, -0.1) is 0 Å². The number of unbranched alkanes of at least 4 members (excludes halogenated alkanes) is 2. The predicted octanol–water partition coefficient (Wildman–Crippen LogP) is 2.64. The van der Waals surface area contributed by atoms with Crippen LogP contribution >= 0.6 is 0 Å². The van der Waals surface area contributed by atoms with Gasteiger partial charge in [-0.2, -0.15) is 0 Å². The second kappa shape index (κ2) is 9.24. The van der Waals surface area contributed by atoms with Gasteiger partial charge < -0.3 is 15.2 Å². The van der Waals surface area contributed by atoms with Gasteiger partial charge in [-0.25, -0.2) is 4.98 Å². The lowest BCUT2D eigenvalue weighted by atomic mass is 10.1. The minimum Gasteiger partial charge on any atom is -0.481 e. The number of nitrogens with one attached hydrogen (secondary N) is 1. The summed E-state index contributed by atoms with van der Waals surface area (Å²) in [6.07, 6.45) is 6.85. The third kappa shape index (κ3) is 6.04. The number of hydrogen-bond donors (Lipinski definition) is 2. The molecule has 0 radical (unpaired) electrons. The van der Waals surface area contributed by atoms with Crippen LogP contribution in [0.3, 0.4) is 0 Å². The van der Waals surface area contributed by atoms with Crippen molar-refractivity contribution in [3.63, 3.8) is 0 Å². The summed E-state index contributed by atoms with van der Waals surface area (Å²) in [6.45, 7) is 0.508. The number of carbonyl (C=O) groups is 2. The van der Waals surface area contributed by atoms with Gasteiger partial charge in [-0.3, -0.25) is 14.6 Å². The summed E-state index contributed by atoms with van der Waals surface area (Å²) >= 11 is 0. The number of hydrogen-bond acceptors (Lipinski definition) is 5. The molecule has 0 unspecified atom stereocenters. The van der Waals surface area contributed by atoms with Crippen LogP contribution in [0.5, 0.6) is 11.6 Å². The van der Waals surface area contributed by atoms with Crippen LogP contribution in [0.25, 0.3) is 0 Å². The molecule has 0 aliphatic rings. The molecule has 1 amide bonds. The standard InChI is InChI=1S/C17H19N3O4/c21-16(22)7-2-1-3-8-20-17(23)13-5-4-6-14(11-13)24-15-12-18-9-10-19-15/h4-6,9-12H,1-3,7-8H2,(H,20,23)(H,21,22). The molecule has 0 aliphatic heterocycles. The molecule has 2 rings (SSSR count). The Hall–Kier alpha value is -2.96. The molecule has 0 atom stereocenters. The Bertz CT molecular complexity index is 677. The molecule has 0 saturated heterocycles. The van der Waals surface area contributed by atoms with Crippen molar-refractivity contribution in [3.05, 3.63) is 48.4 Å². The maximum Gasteiger partial charge on any atom is 0.303 e. The quantitative estimate of drug-likeness (QED) is 0.686. The topological polar surface area (TPSA) is 101 Å². The maximum atomic E-state index is 12.1. The summed E-state index contributed by atoms with van der Waals surface area (Å²) in [5.74, 6) is -0.130. The molecule has 0 bridgehead atoms. The highest BCUT2D eigenvalue weighted by Gasteiger charge is 2.07. The number of ether oxygens (including phenoxy) is 1. The van der Waals surface area contributed by atoms with Crippen molar-refractivity contribution in [1.29, 1.82) is 0 Å². The highest BCUT2D eigenvalue weighted by molar-refractivity contribution is 5.94. The summed E-state index contributed by atoms with van der Waals surface area (Å²) in [5.41, 5.74) is 0.488. The van der Waals surface area contributed by atoms with Crippen LogP contribution in [0, 0.1) is 0 Å². The monoisotopic (exact) mass is 329 g/mol. The van der Waals surface area contributed by atoms with E-state index in [1.807, 2.05) is 0 Å². The second-order valence-electron chi connectivity index (χ2n) is 5.13. The molecular weight excluding hydrogens is 310 g/mol. The van der Waals surface area contributed by atoms with E-state index in [9.17, 15) is 9.59 Å². The molecule has 24 heavy (non-hydrogen) atoms. The molecule has 1 aromatic carbocycles. The fourth-order valence-electron chi connectivity index (χ4n) is 2.04. The first-order chi connectivity index (χ1) is 11.6. The molecule has 7 nitrogen and oxygen atoms in total. The number of aromatic nitrogens is 2. The van der Waals surface area contributed by atoms with Crippen molar-refractivity contribution in [1.82, 2.24) is 15.3 Å². The average molecular weight is 329 g/mol. The first kappa shape index (κ1) is 17.4. The first-order valence-electron chi connectivity index (χ1n) is 7.69. The average Bonchev–Trinajstić information content (AvgIpc) is 2.58. The lowest BCUT2D eigenvalue weighted by molar-refractivity contribution is -0.137. The van der Waals surface area contributed by atoms with Crippen molar-refractivity contribution in [2.75, 3.05) is 6.54 Å². The fourth-order valence-corrected chi connectivity index (χ4v) is 2.04. The van der Waals surface area contributed by atoms with E-state index in [1.54, 1.807) is 30.5 Å². The van der Waals surface area contributed by atoms with Gasteiger partial charge in [-0.1, -0.05) is 12.5 Å². The van der Waals surface area contributed by atoms with Crippen molar-refractivity contribution in [2.45, 2.75) is 25.7 Å². The van der Waals surface area contributed by atoms with E-state index in [-0.39, 0.29) is 12.3 Å². The van der Waals surface area contributed by atoms with Crippen molar-refractivity contribution < 1.29 is 19.4 Å². The molecular formula is C17H19N3O4. The Labute approximate surface area is 139 Å². The number of rotatable bonds is 9. The normalized spacial score (nSPS) is 10.2. The number of nitrogens with zero attached hydrogens (tertiary/aromatic N) is 2. The van der Waals surface area contributed by atoms with Crippen LogP contribution in [0.1, 0.15) is 36.0 Å². The molecule has 0 spiro atoms. The first-order valence-corrected chi connectivity index (χ1v) is 7.69. The van der Waals surface area contributed by atoms with E-state index in [0.717, 1.165) is 12.8 Å². The minimum atomic E-state index is -0.793. The van der Waals surface area contributed by atoms with Gasteiger partial charge in [0, 0.05) is 30.9 Å². The predicted molar refractivity (Wildman–Crippen MR) is 87.0 cm³/mol. The van der Waals surface area contributed by atoms with Crippen LogP contribution in [0.2, 0.25) is 0 Å². The largest absolute Gasteiger partial charge is 0.481 e. The Kier molecular flexibility index (Phi) is 6.70. The molecule has 126 valence electrons. The van der Waals surface area contributed by atoms with Crippen molar-refractivity contribution >= 4 is 11.9 Å². The third-order valence-corrected chi connectivity index (χ3v) is 3.21. The Morgan fingerprint density at radius 2 is 2.04 bits per heavy atom. The van der Waals surface area contributed by atoms with E-state index in [4.69, 9.17) is 9.84 Å². The number of aliphatic carboxylic acids is 1. The molecule has 1 heterocycles. The molecule has 0 saturated carbocycles. The van der Waals surface area contributed by atoms with Gasteiger partial charge in [0.2, 0.25) is 5.88 Å². The molecule has 1 aromatic heterocycles. The minimum absolute atomic E-state index is 0.162. The van der Waals surface area contributed by atoms with Gasteiger partial charge in [0.05, 0.1) is 6.20 Å². The van der Waals surface area contributed by atoms with Crippen LogP contribution < -0.4 is 10.1 Å². The van der Waals surface area contributed by atoms with E-state index < -0.39 is 5.97 Å². The van der Waals surface area contributed by atoms with E-state index in [2.05, 4.69) is 15.3 Å². The molecule has 0 fully saturated rings. The lowest BCUT2D eigenvalue weighted by Crippen LogP contribution is -2.24. The summed E-state index contributed by atoms with van der Waals surface area (Å²) in [6, 6.07) is 6.79. The molecule has 7 heteroatoms. The number of carboxylic acids is 1. The molecule has 2 aromatic rings. The number of benzene rings is 1. The number of carboxylic acid groups (broad SMARTS) is 1. The summed E-state index contributed by atoms with van der Waals surface area (Å²) < 4.78 is 5.54. The van der Waals surface area contributed by atoms with Gasteiger partial charge in [0.15, 0.2) is 0 Å².